The molecule has 1 aromatic carbocycles. The Morgan fingerprint density at radius 1 is 1.21 bits per heavy atom. The molecule has 29 heavy (non-hydrogen) atoms. The molecule has 1 saturated heterocycles. The van der Waals surface area contributed by atoms with Crippen LogP contribution in [0.3, 0.4) is 0 Å². The molecule has 2 heterocycles. The van der Waals surface area contributed by atoms with Crippen LogP contribution in [0.5, 0.6) is 0 Å². The molecule has 1 fully saturated rings. The van der Waals surface area contributed by atoms with Crippen molar-refractivity contribution >= 4 is 26.8 Å². The van der Waals surface area contributed by atoms with Crippen molar-refractivity contribution in [2.24, 2.45) is 0 Å². The van der Waals surface area contributed by atoms with E-state index in [2.05, 4.69) is 10.2 Å². The van der Waals surface area contributed by atoms with Gasteiger partial charge in [-0.25, -0.2) is 8.42 Å². The number of hydrogen-bond donors (Lipinski definition) is 1. The number of carbonyl (C=O) groups excluding carboxylic acids is 1. The molecule has 158 valence electrons. The largest absolute Gasteiger partial charge is 0.805 e. The molecule has 3 rings (SSSR count). The molecule has 0 aliphatic carbocycles. The highest BCUT2D eigenvalue weighted by molar-refractivity contribution is 7.90. The summed E-state index contributed by atoms with van der Waals surface area (Å²) in [6.45, 7) is 2.63. The molecule has 1 aliphatic heterocycles. The van der Waals surface area contributed by atoms with Gasteiger partial charge in [0, 0.05) is 18.0 Å². The summed E-state index contributed by atoms with van der Waals surface area (Å²) in [6, 6.07) is 5.99. The topological polar surface area (TPSA) is 117 Å². The summed E-state index contributed by atoms with van der Waals surface area (Å²) in [7, 11) is -2.36. The zero-order valence-corrected chi connectivity index (χ0v) is 17.3. The Balaban J connectivity index is 1.88. The number of fused-ring (bicyclic) bond motifs is 1. The molecule has 10 heteroatoms. The van der Waals surface area contributed by atoms with E-state index in [1.165, 1.54) is 25.6 Å². The molecule has 0 spiro atoms. The van der Waals surface area contributed by atoms with Gasteiger partial charge in [-0.05, 0) is 45.0 Å². The third-order valence-electron chi connectivity index (χ3n) is 5.22. The quantitative estimate of drug-likeness (QED) is 0.667. The van der Waals surface area contributed by atoms with Crippen molar-refractivity contribution in [3.8, 4) is 0 Å². The molecule has 9 nitrogen and oxygen atoms in total. The van der Waals surface area contributed by atoms with Gasteiger partial charge in [-0.1, -0.05) is 18.6 Å². The van der Waals surface area contributed by atoms with Gasteiger partial charge in [-0.15, -0.1) is 0 Å². The maximum absolute atomic E-state index is 12.8. The van der Waals surface area contributed by atoms with Crippen LogP contribution < -0.4 is 9.74 Å². The molecule has 0 bridgehead atoms. The van der Waals surface area contributed by atoms with Crippen LogP contribution in [-0.2, 0) is 15.6 Å². The summed E-state index contributed by atoms with van der Waals surface area (Å²) in [5.41, 5.74) is -0.808. The smallest absolute Gasteiger partial charge is 0.347 e. The van der Waals surface area contributed by atoms with Crippen LogP contribution in [0, 0.1) is 10.1 Å². The zero-order valence-electron chi connectivity index (χ0n) is 16.5. The van der Waals surface area contributed by atoms with Gasteiger partial charge < -0.3 is 20.2 Å². The molecule has 1 aliphatic rings. The number of para-hydroxylation sites is 2. The molecule has 0 unspecified atom stereocenters. The second-order valence-electron chi connectivity index (χ2n) is 7.30. The third-order valence-corrected chi connectivity index (χ3v) is 6.84. The van der Waals surface area contributed by atoms with E-state index < -0.39 is 27.2 Å². The summed E-state index contributed by atoms with van der Waals surface area (Å²) >= 11 is 0. The summed E-state index contributed by atoms with van der Waals surface area (Å²) < 4.78 is 26.1. The maximum atomic E-state index is 12.8. The van der Waals surface area contributed by atoms with Gasteiger partial charge >= 0.3 is 11.6 Å². The van der Waals surface area contributed by atoms with Crippen LogP contribution >= 0.6 is 0 Å². The lowest BCUT2D eigenvalue weighted by Gasteiger charge is -2.26. The van der Waals surface area contributed by atoms with Gasteiger partial charge in [0.25, 0.3) is 5.52 Å². The predicted octanol–water partition coefficient (Wildman–Crippen LogP) is 1.05. The molecule has 1 aromatic heterocycles. The molecule has 0 radical (unpaired) electrons. The fraction of sp³-hybridized carbons (Fsp3) is 0.526. The van der Waals surface area contributed by atoms with Crippen molar-refractivity contribution in [2.45, 2.75) is 31.4 Å². The first-order valence-electron chi connectivity index (χ1n) is 9.75. The standard InChI is InChI=1S/C19H26N4O5S/c1-20-19(24)18-17(22(25)15-8-3-4-9-16(15)23(18)26)14-29(27,28)13-7-12-21-10-5-2-6-11-21/h3-4,8-9H,2,5-7,10-14H2,1H3,(H,20,24). The Kier molecular flexibility index (Phi) is 6.53. The van der Waals surface area contributed by atoms with E-state index in [0.29, 0.717) is 22.1 Å². The van der Waals surface area contributed by atoms with Gasteiger partial charge in [-0.3, -0.25) is 4.79 Å². The van der Waals surface area contributed by atoms with E-state index in [1.807, 2.05) is 0 Å². The highest BCUT2D eigenvalue weighted by Crippen LogP contribution is 2.18. The normalized spacial score (nSPS) is 15.5. The minimum absolute atomic E-state index is 0.00680. The zero-order chi connectivity index (χ0) is 21.0. The molecule has 1 N–H and O–H groups in total. The lowest BCUT2D eigenvalue weighted by atomic mass is 10.1. The van der Waals surface area contributed by atoms with Crippen LogP contribution in [0.1, 0.15) is 41.9 Å². The predicted molar refractivity (Wildman–Crippen MR) is 110 cm³/mol. The van der Waals surface area contributed by atoms with E-state index in [-0.39, 0.29) is 22.5 Å². The Labute approximate surface area is 169 Å². The van der Waals surface area contributed by atoms with Crippen molar-refractivity contribution in [1.82, 2.24) is 14.9 Å². The fourth-order valence-electron chi connectivity index (χ4n) is 3.73. The van der Waals surface area contributed by atoms with Crippen molar-refractivity contribution in [1.29, 1.82) is 0 Å². The molecular weight excluding hydrogens is 396 g/mol. The van der Waals surface area contributed by atoms with Crippen LogP contribution in [0.15, 0.2) is 24.3 Å². The Morgan fingerprint density at radius 2 is 1.90 bits per heavy atom. The number of amides is 1. The van der Waals surface area contributed by atoms with Crippen LogP contribution in [-0.4, -0.2) is 56.4 Å². The Bertz CT molecular complexity index is 1060. The molecule has 1 amide bonds. The van der Waals surface area contributed by atoms with Crippen LogP contribution in [0.25, 0.3) is 11.0 Å². The second kappa shape index (κ2) is 8.91. The van der Waals surface area contributed by atoms with E-state index in [0.717, 1.165) is 25.9 Å². The van der Waals surface area contributed by atoms with Crippen LogP contribution in [0.2, 0.25) is 0 Å². The first-order valence-corrected chi connectivity index (χ1v) is 11.6. The lowest BCUT2D eigenvalue weighted by Crippen LogP contribution is -2.37. The highest BCUT2D eigenvalue weighted by atomic mass is 32.2. The number of nitrogens with zero attached hydrogens (tertiary/aromatic N) is 3. The Morgan fingerprint density at radius 3 is 2.59 bits per heavy atom. The van der Waals surface area contributed by atoms with Crippen molar-refractivity contribution in [3.05, 3.63) is 45.8 Å². The van der Waals surface area contributed by atoms with Gasteiger partial charge in [0.1, 0.15) is 11.2 Å². The van der Waals surface area contributed by atoms with Gasteiger partial charge in [0.2, 0.25) is 0 Å². The first kappa shape index (κ1) is 21.3. The highest BCUT2D eigenvalue weighted by Gasteiger charge is 2.31. The third kappa shape index (κ3) is 4.76. The average Bonchev–Trinajstić information content (AvgIpc) is 2.72. The molecule has 2 aromatic rings. The molecule has 0 atom stereocenters. The minimum atomic E-state index is -3.69. The first-order chi connectivity index (χ1) is 13.8. The SMILES string of the molecule is CNC(=O)c1c(CS(=O)(=O)CCCN2CCCCC2)n([O-])c2ccccc2[n+]1=O. The number of carbonyl (C=O) groups is 1. The minimum Gasteiger partial charge on any atom is -0.805 e. The maximum Gasteiger partial charge on any atom is 0.347 e. The van der Waals surface area contributed by atoms with Crippen molar-refractivity contribution < 1.29 is 17.6 Å². The summed E-state index contributed by atoms with van der Waals surface area (Å²) in [5, 5.41) is 15.1. The molecular formula is C19H26N4O5S. The summed E-state index contributed by atoms with van der Waals surface area (Å²) in [5.74, 6) is -1.57. The number of nitrogens with one attached hydrogen (secondary N) is 1. The van der Waals surface area contributed by atoms with E-state index in [9.17, 15) is 23.3 Å². The van der Waals surface area contributed by atoms with E-state index in [4.69, 9.17) is 0 Å². The van der Waals surface area contributed by atoms with Crippen molar-refractivity contribution in [3.63, 3.8) is 0 Å². The number of likely N-dealkylation sites (tertiary alicyclic amines) is 1. The summed E-state index contributed by atoms with van der Waals surface area (Å²) in [6.07, 6.45) is 3.90. The van der Waals surface area contributed by atoms with Crippen LogP contribution in [0.4, 0.5) is 0 Å². The number of aromatic nitrogens is 2. The van der Waals surface area contributed by atoms with E-state index >= 15 is 0 Å². The number of sulfone groups is 1. The van der Waals surface area contributed by atoms with Gasteiger partial charge in [0.05, 0.1) is 15.9 Å². The molecule has 0 saturated carbocycles. The fourth-order valence-corrected chi connectivity index (χ4v) is 5.11. The number of rotatable bonds is 7. The van der Waals surface area contributed by atoms with Gasteiger partial charge in [-0.2, -0.15) is 0 Å². The van der Waals surface area contributed by atoms with E-state index in [1.54, 1.807) is 12.1 Å². The lowest BCUT2D eigenvalue weighted by molar-refractivity contribution is -0.468. The van der Waals surface area contributed by atoms with Gasteiger partial charge in [0.15, 0.2) is 9.84 Å². The Hall–Kier alpha value is -2.46. The monoisotopic (exact) mass is 422 g/mol. The number of benzene rings is 1. The number of piperidine rings is 1. The number of hydrogen-bond acceptors (Lipinski definition) is 6. The van der Waals surface area contributed by atoms with Crippen molar-refractivity contribution in [2.75, 3.05) is 32.4 Å². The second-order valence-corrected chi connectivity index (χ2v) is 9.48. The summed E-state index contributed by atoms with van der Waals surface area (Å²) in [4.78, 5) is 27.2. The average molecular weight is 423 g/mol.